The number of hydrogen-bond donors (Lipinski definition) is 1. The standard InChI is InChI=1S/C40H50FN5O6.Li/c1-50-34-24-29(25-35(51-2)37(34)52-3)27-45-23-18-40(38(45)49,26-28-11-13-30(41)14-12-28)17-7-19-44-21-15-31(16-22-44)42-39-43-32-8-4-5-9-33(32)46(39)20-6-10-36(47)48;/h4-5,8-9,11-14,24-25,31H,6-7,10,15-23,26-27H2,1-3H3,(H,42,43)(H,47,48);/q;+1/p-1. The number of anilines is 1. The first-order valence-corrected chi connectivity index (χ1v) is 18.2. The number of nitrogens with one attached hydrogen (secondary N) is 1. The number of methoxy groups -OCH3 is 3. The van der Waals surface area contributed by atoms with Gasteiger partial charge >= 0.3 is 18.9 Å². The third-order valence-corrected chi connectivity index (χ3v) is 10.6. The van der Waals surface area contributed by atoms with Crippen LogP contribution >= 0.6 is 0 Å². The molecule has 1 N–H and O–H groups in total. The zero-order chi connectivity index (χ0) is 36.7. The first-order valence-electron chi connectivity index (χ1n) is 18.2. The zero-order valence-electron chi connectivity index (χ0n) is 31.4. The van der Waals surface area contributed by atoms with E-state index in [0.29, 0.717) is 49.7 Å². The van der Waals surface area contributed by atoms with Crippen LogP contribution in [-0.2, 0) is 29.1 Å². The van der Waals surface area contributed by atoms with E-state index in [4.69, 9.17) is 19.2 Å². The van der Waals surface area contributed by atoms with Gasteiger partial charge in [0.1, 0.15) is 5.82 Å². The number of para-hydroxylation sites is 2. The van der Waals surface area contributed by atoms with Gasteiger partial charge in [-0.25, -0.2) is 9.37 Å². The summed E-state index contributed by atoms with van der Waals surface area (Å²) >= 11 is 0. The van der Waals surface area contributed by atoms with Crippen LogP contribution in [0.15, 0.2) is 60.7 Å². The van der Waals surface area contributed by atoms with Gasteiger partial charge in [-0.3, -0.25) is 4.79 Å². The molecule has 3 heterocycles. The second-order valence-corrected chi connectivity index (χ2v) is 14.0. The van der Waals surface area contributed by atoms with Gasteiger partial charge in [0, 0.05) is 44.7 Å². The zero-order valence-corrected chi connectivity index (χ0v) is 31.4. The number of fused-ring (bicyclic) bond motifs is 1. The van der Waals surface area contributed by atoms with Crippen LogP contribution in [0, 0.1) is 11.2 Å². The van der Waals surface area contributed by atoms with E-state index in [1.807, 2.05) is 41.3 Å². The van der Waals surface area contributed by atoms with Gasteiger partial charge in [0.25, 0.3) is 0 Å². The predicted molar refractivity (Wildman–Crippen MR) is 195 cm³/mol. The maximum absolute atomic E-state index is 14.3. The van der Waals surface area contributed by atoms with Crippen molar-refractivity contribution in [2.75, 3.05) is 52.8 Å². The summed E-state index contributed by atoms with van der Waals surface area (Å²) in [5.41, 5.74) is 3.15. The molecule has 1 atom stereocenters. The molecular weight excluding hydrogens is 672 g/mol. The number of nitrogens with zero attached hydrogens (tertiary/aromatic N) is 4. The number of aromatic nitrogens is 2. The van der Waals surface area contributed by atoms with E-state index in [0.717, 1.165) is 79.8 Å². The Balaban J connectivity index is 0.00000541. The molecule has 0 spiro atoms. The molecule has 1 amide bonds. The smallest absolute Gasteiger partial charge is 0.550 e. The normalized spacial score (nSPS) is 17.9. The molecule has 2 fully saturated rings. The quantitative estimate of drug-likeness (QED) is 0.164. The molecule has 4 aromatic rings. The summed E-state index contributed by atoms with van der Waals surface area (Å²) in [5, 5.41) is 14.7. The van der Waals surface area contributed by atoms with Crippen molar-refractivity contribution in [2.45, 2.75) is 70.5 Å². The average Bonchev–Trinajstić information content (AvgIpc) is 3.64. The van der Waals surface area contributed by atoms with Crippen LogP contribution in [0.2, 0.25) is 0 Å². The molecule has 0 aliphatic carbocycles. The molecule has 53 heavy (non-hydrogen) atoms. The number of ether oxygens (including phenoxy) is 3. The summed E-state index contributed by atoms with van der Waals surface area (Å²) < 4.78 is 32.5. The van der Waals surface area contributed by atoms with Crippen molar-refractivity contribution in [2.24, 2.45) is 5.41 Å². The number of piperidine rings is 1. The molecule has 3 aromatic carbocycles. The van der Waals surface area contributed by atoms with E-state index in [1.165, 1.54) is 12.1 Å². The Morgan fingerprint density at radius 1 is 0.943 bits per heavy atom. The van der Waals surface area contributed by atoms with Gasteiger partial charge in [-0.1, -0.05) is 24.3 Å². The molecule has 278 valence electrons. The number of hydrogen-bond acceptors (Lipinski definition) is 9. The molecule has 13 heteroatoms. The Morgan fingerprint density at radius 3 is 2.30 bits per heavy atom. The monoisotopic (exact) mass is 721 g/mol. The Morgan fingerprint density at radius 2 is 1.64 bits per heavy atom. The van der Waals surface area contributed by atoms with E-state index >= 15 is 0 Å². The number of carboxylic acids is 1. The number of carboxylic acid groups (broad SMARTS) is 1. The fourth-order valence-corrected chi connectivity index (χ4v) is 7.89. The number of benzene rings is 3. The number of halogens is 1. The van der Waals surface area contributed by atoms with Gasteiger partial charge in [-0.05, 0) is 105 Å². The minimum atomic E-state index is -1.04. The molecule has 6 rings (SSSR count). The maximum atomic E-state index is 14.3. The van der Waals surface area contributed by atoms with E-state index in [-0.39, 0.29) is 43.0 Å². The maximum Gasteiger partial charge on any atom is 1.00 e. The van der Waals surface area contributed by atoms with Crippen molar-refractivity contribution in [3.8, 4) is 17.2 Å². The van der Waals surface area contributed by atoms with Crippen LogP contribution in [0.25, 0.3) is 11.0 Å². The van der Waals surface area contributed by atoms with E-state index in [1.54, 1.807) is 33.5 Å². The first kappa shape index (κ1) is 40.0. The van der Waals surface area contributed by atoms with Gasteiger partial charge < -0.3 is 43.8 Å². The molecule has 2 saturated heterocycles. The number of aliphatic carboxylic acids is 1. The topological polar surface area (TPSA) is 121 Å². The minimum absolute atomic E-state index is 0. The summed E-state index contributed by atoms with van der Waals surface area (Å²) in [7, 11) is 4.73. The summed E-state index contributed by atoms with van der Waals surface area (Å²) in [6.07, 6.45) is 5.28. The second kappa shape index (κ2) is 18.2. The average molecular weight is 722 g/mol. The van der Waals surface area contributed by atoms with Crippen LogP contribution in [-0.4, -0.2) is 84.8 Å². The van der Waals surface area contributed by atoms with E-state index in [9.17, 15) is 19.1 Å². The molecule has 2 aliphatic rings. The number of carbonyl (C=O) groups excluding carboxylic acids is 2. The van der Waals surface area contributed by atoms with Gasteiger partial charge in [0.2, 0.25) is 17.6 Å². The number of likely N-dealkylation sites (tertiary alicyclic amines) is 2. The predicted octanol–water partition coefficient (Wildman–Crippen LogP) is 2.05. The Kier molecular flexibility index (Phi) is 13.7. The van der Waals surface area contributed by atoms with Crippen molar-refractivity contribution in [1.29, 1.82) is 0 Å². The van der Waals surface area contributed by atoms with Crippen molar-refractivity contribution in [1.82, 2.24) is 19.4 Å². The minimum Gasteiger partial charge on any atom is -0.550 e. The van der Waals surface area contributed by atoms with Crippen molar-refractivity contribution in [3.63, 3.8) is 0 Å². The first-order chi connectivity index (χ1) is 25.2. The van der Waals surface area contributed by atoms with Crippen LogP contribution in [0.3, 0.4) is 0 Å². The van der Waals surface area contributed by atoms with E-state index < -0.39 is 11.4 Å². The van der Waals surface area contributed by atoms with Crippen LogP contribution in [0.1, 0.15) is 56.1 Å². The van der Waals surface area contributed by atoms with E-state index in [2.05, 4.69) is 14.8 Å². The van der Waals surface area contributed by atoms with Crippen molar-refractivity contribution >= 4 is 28.9 Å². The van der Waals surface area contributed by atoms with Gasteiger partial charge in [0.15, 0.2) is 11.5 Å². The van der Waals surface area contributed by atoms with Gasteiger partial charge in [0.05, 0.1) is 37.8 Å². The third-order valence-electron chi connectivity index (χ3n) is 10.6. The van der Waals surface area contributed by atoms with Gasteiger partial charge in [-0.2, -0.15) is 0 Å². The summed E-state index contributed by atoms with van der Waals surface area (Å²) in [6.45, 7) is 4.34. The van der Waals surface area contributed by atoms with Crippen LogP contribution < -0.4 is 43.5 Å². The molecule has 1 aromatic heterocycles. The number of imidazole rings is 1. The van der Waals surface area contributed by atoms with Crippen molar-refractivity contribution in [3.05, 3.63) is 77.6 Å². The number of rotatable bonds is 17. The Hall–Kier alpha value is -4.24. The van der Waals surface area contributed by atoms with Crippen LogP contribution in [0.5, 0.6) is 17.2 Å². The Labute approximate surface area is 323 Å². The molecule has 0 bridgehead atoms. The van der Waals surface area contributed by atoms with Gasteiger partial charge in [-0.15, -0.1) is 0 Å². The molecule has 11 nitrogen and oxygen atoms in total. The largest absolute Gasteiger partial charge is 1.00 e. The number of amides is 1. The fourth-order valence-electron chi connectivity index (χ4n) is 7.89. The van der Waals surface area contributed by atoms with Crippen LogP contribution in [0.4, 0.5) is 10.3 Å². The summed E-state index contributed by atoms with van der Waals surface area (Å²) in [5.74, 6) is 1.17. The third kappa shape index (κ3) is 9.47. The SMILES string of the molecule is COc1cc(CN2CCC(CCCN3CCC(Nc4nc5ccccc5n4CCCC(=O)[O-])CC3)(Cc3ccc(F)cc3)C2=O)cc(OC)c1OC.[Li+]. The second-order valence-electron chi connectivity index (χ2n) is 14.0. The molecule has 2 aliphatic heterocycles. The molecule has 0 radical (unpaired) electrons. The fraction of sp³-hybridized carbons (Fsp3) is 0.475. The molecule has 1 unspecified atom stereocenters. The summed E-state index contributed by atoms with van der Waals surface area (Å²) in [4.78, 5) is 34.6. The molecule has 0 saturated carbocycles. The summed E-state index contributed by atoms with van der Waals surface area (Å²) in [6, 6.07) is 18.5. The number of aryl methyl sites for hydroxylation is 1. The Bertz CT molecular complexity index is 1820. The molecular formula is C40H49FLiN5O6. The number of carbonyl (C=O) groups is 2. The van der Waals surface area contributed by atoms with Crippen molar-refractivity contribution < 1.29 is 52.2 Å².